The fourth-order valence-corrected chi connectivity index (χ4v) is 3.69. The number of nitrogens with zero attached hydrogens (tertiary/aromatic N) is 2. The Hall–Kier alpha value is -2.09. The van der Waals surface area contributed by atoms with Gasteiger partial charge in [0.1, 0.15) is 24.5 Å². The minimum Gasteiger partial charge on any atom is -0.233 e. The van der Waals surface area contributed by atoms with Crippen LogP contribution in [0.2, 0.25) is 0 Å². The molecule has 1 aromatic carbocycles. The van der Waals surface area contributed by atoms with Gasteiger partial charge in [0.2, 0.25) is 6.34 Å². The van der Waals surface area contributed by atoms with Crippen molar-refractivity contribution < 1.29 is 4.58 Å². The monoisotopic (exact) mass is 323 g/mol. The van der Waals surface area contributed by atoms with Gasteiger partial charge in [0.05, 0.1) is 0 Å². The highest BCUT2D eigenvalue weighted by atomic mass is 15.3. The molecule has 0 unspecified atom stereocenters. The molecule has 0 saturated heterocycles. The van der Waals surface area contributed by atoms with E-state index in [0.29, 0.717) is 0 Å². The average molecular weight is 324 g/mol. The van der Waals surface area contributed by atoms with Crippen LogP contribution in [0.4, 0.5) is 5.69 Å². The van der Waals surface area contributed by atoms with Gasteiger partial charge in [-0.1, -0.05) is 48.9 Å². The van der Waals surface area contributed by atoms with E-state index in [1.807, 2.05) is 6.08 Å². The van der Waals surface area contributed by atoms with Crippen molar-refractivity contribution in [3.63, 3.8) is 0 Å². The van der Waals surface area contributed by atoms with Gasteiger partial charge in [0.25, 0.3) is 0 Å². The predicted octanol–water partition coefficient (Wildman–Crippen LogP) is 5.42. The van der Waals surface area contributed by atoms with Crippen molar-refractivity contribution in [1.82, 2.24) is 4.90 Å². The van der Waals surface area contributed by atoms with Gasteiger partial charge < -0.3 is 0 Å². The summed E-state index contributed by atoms with van der Waals surface area (Å²) < 4.78 is 2.40. The Balaban J connectivity index is 2.40. The van der Waals surface area contributed by atoms with Gasteiger partial charge >= 0.3 is 0 Å². The number of allylic oxidation sites excluding steroid dienone is 5. The van der Waals surface area contributed by atoms with Gasteiger partial charge in [-0.05, 0) is 51.3 Å². The molecule has 0 radical (unpaired) electrons. The van der Waals surface area contributed by atoms with Crippen molar-refractivity contribution in [2.45, 2.75) is 48.0 Å². The standard InChI is InChI=1S/C22H31N2/c1-8-16(3)12-18(5)21(9-2)23-10-11-24(15-23)22-19(6)13-17(4)14-20(22)7/h8,12-15H,1,9-11H2,2-7H3/q+1/b16-12-,21-18+. The molecule has 0 fully saturated rings. The Kier molecular flexibility index (Phi) is 5.82. The second kappa shape index (κ2) is 7.65. The molecule has 2 rings (SSSR count). The molecule has 0 N–H and O–H groups in total. The molecule has 1 aliphatic rings. The molecule has 1 aromatic rings. The molecule has 2 heteroatoms. The van der Waals surface area contributed by atoms with E-state index in [0.717, 1.165) is 19.5 Å². The van der Waals surface area contributed by atoms with Crippen LogP contribution < -0.4 is 0 Å². The lowest BCUT2D eigenvalue weighted by atomic mass is 10.0. The summed E-state index contributed by atoms with van der Waals surface area (Å²) in [6, 6.07) is 4.55. The summed E-state index contributed by atoms with van der Waals surface area (Å²) in [7, 11) is 0. The molecule has 2 nitrogen and oxygen atoms in total. The quantitative estimate of drug-likeness (QED) is 0.518. The van der Waals surface area contributed by atoms with E-state index in [1.54, 1.807) is 0 Å². The molecule has 0 saturated carbocycles. The van der Waals surface area contributed by atoms with E-state index in [-0.39, 0.29) is 0 Å². The molecule has 128 valence electrons. The second-order valence-corrected chi connectivity index (χ2v) is 6.83. The first kappa shape index (κ1) is 18.3. The van der Waals surface area contributed by atoms with E-state index >= 15 is 0 Å². The zero-order valence-electron chi connectivity index (χ0n) is 16.1. The van der Waals surface area contributed by atoms with Crippen molar-refractivity contribution in [1.29, 1.82) is 0 Å². The average Bonchev–Trinajstić information content (AvgIpc) is 2.95. The summed E-state index contributed by atoms with van der Waals surface area (Å²) in [5.41, 5.74) is 9.32. The minimum atomic E-state index is 1.03. The fourth-order valence-electron chi connectivity index (χ4n) is 3.69. The van der Waals surface area contributed by atoms with Gasteiger partial charge in [-0.15, -0.1) is 0 Å². The minimum absolute atomic E-state index is 1.03. The Morgan fingerprint density at radius 1 is 1.21 bits per heavy atom. The smallest absolute Gasteiger partial charge is 0.233 e. The Morgan fingerprint density at radius 2 is 1.83 bits per heavy atom. The van der Waals surface area contributed by atoms with Crippen molar-refractivity contribution in [2.75, 3.05) is 13.1 Å². The molecule has 24 heavy (non-hydrogen) atoms. The van der Waals surface area contributed by atoms with Crippen LogP contribution >= 0.6 is 0 Å². The van der Waals surface area contributed by atoms with Crippen LogP contribution in [0.25, 0.3) is 0 Å². The van der Waals surface area contributed by atoms with Gasteiger partial charge in [0.15, 0.2) is 0 Å². The highest BCUT2D eigenvalue weighted by molar-refractivity contribution is 5.60. The SMILES string of the molecule is C=C/C(C)=C\C(C)=C(/CC)N1C=[N+](c2c(C)cc(C)cc2C)CC1. The van der Waals surface area contributed by atoms with Crippen molar-refractivity contribution >= 4 is 12.0 Å². The van der Waals surface area contributed by atoms with Crippen LogP contribution in [0.1, 0.15) is 43.9 Å². The zero-order chi connectivity index (χ0) is 17.9. The summed E-state index contributed by atoms with van der Waals surface area (Å²) in [5, 5.41) is 0. The Morgan fingerprint density at radius 3 is 2.38 bits per heavy atom. The molecule has 1 heterocycles. The van der Waals surface area contributed by atoms with Crippen LogP contribution in [-0.4, -0.2) is 28.9 Å². The molecule has 0 bridgehead atoms. The molecule has 0 aromatic heterocycles. The predicted molar refractivity (Wildman–Crippen MR) is 105 cm³/mol. The molecule has 0 amide bonds. The third kappa shape index (κ3) is 3.87. The van der Waals surface area contributed by atoms with E-state index in [4.69, 9.17) is 0 Å². The van der Waals surface area contributed by atoms with E-state index < -0.39 is 0 Å². The van der Waals surface area contributed by atoms with Crippen molar-refractivity contribution in [3.8, 4) is 0 Å². The highest BCUT2D eigenvalue weighted by Gasteiger charge is 2.26. The third-order valence-electron chi connectivity index (χ3n) is 4.69. The van der Waals surface area contributed by atoms with Gasteiger partial charge in [-0.2, -0.15) is 0 Å². The lowest BCUT2D eigenvalue weighted by Gasteiger charge is -2.12. The van der Waals surface area contributed by atoms with Gasteiger partial charge in [-0.25, -0.2) is 9.48 Å². The maximum absolute atomic E-state index is 3.85. The third-order valence-corrected chi connectivity index (χ3v) is 4.69. The summed E-state index contributed by atoms with van der Waals surface area (Å²) in [5.74, 6) is 0. The number of hydrogen-bond acceptors (Lipinski definition) is 1. The summed E-state index contributed by atoms with van der Waals surface area (Å²) >= 11 is 0. The summed E-state index contributed by atoms with van der Waals surface area (Å²) in [6.45, 7) is 19.0. The number of benzene rings is 1. The lowest BCUT2D eigenvalue weighted by Crippen LogP contribution is -2.19. The zero-order valence-corrected chi connectivity index (χ0v) is 16.1. The molecule has 0 atom stereocenters. The molecule has 0 spiro atoms. The Bertz CT molecular complexity index is 709. The maximum Gasteiger partial charge on any atom is 0.244 e. The molecular formula is C22H31N2+. The van der Waals surface area contributed by atoms with Gasteiger partial charge in [-0.3, -0.25) is 0 Å². The van der Waals surface area contributed by atoms with E-state index in [1.165, 1.54) is 39.2 Å². The van der Waals surface area contributed by atoms with E-state index in [2.05, 4.69) is 82.1 Å². The van der Waals surface area contributed by atoms with Crippen LogP contribution in [-0.2, 0) is 0 Å². The first-order valence-corrected chi connectivity index (χ1v) is 8.84. The first-order valence-electron chi connectivity index (χ1n) is 8.84. The van der Waals surface area contributed by atoms with Crippen molar-refractivity contribution in [3.05, 3.63) is 64.4 Å². The molecule has 1 aliphatic heterocycles. The van der Waals surface area contributed by atoms with Crippen LogP contribution in [0.5, 0.6) is 0 Å². The highest BCUT2D eigenvalue weighted by Crippen LogP contribution is 2.27. The number of aryl methyl sites for hydroxylation is 3. The molecular weight excluding hydrogens is 292 g/mol. The second-order valence-electron chi connectivity index (χ2n) is 6.83. The molecule has 0 aliphatic carbocycles. The normalized spacial score (nSPS) is 16.2. The topological polar surface area (TPSA) is 6.25 Å². The largest absolute Gasteiger partial charge is 0.244 e. The fraction of sp³-hybridized carbons (Fsp3) is 0.409. The maximum atomic E-state index is 3.85. The van der Waals surface area contributed by atoms with Crippen LogP contribution in [0.3, 0.4) is 0 Å². The lowest BCUT2D eigenvalue weighted by molar-refractivity contribution is -0.425. The summed E-state index contributed by atoms with van der Waals surface area (Å²) in [6.07, 6.45) is 7.45. The number of rotatable bonds is 5. The van der Waals surface area contributed by atoms with E-state index in [9.17, 15) is 0 Å². The van der Waals surface area contributed by atoms with Crippen LogP contribution in [0, 0.1) is 20.8 Å². The number of hydrogen-bond donors (Lipinski definition) is 0. The first-order chi connectivity index (χ1) is 11.4. The van der Waals surface area contributed by atoms with Crippen LogP contribution in [0.15, 0.2) is 47.7 Å². The summed E-state index contributed by atoms with van der Waals surface area (Å²) in [4.78, 5) is 2.40. The van der Waals surface area contributed by atoms with Crippen molar-refractivity contribution in [2.24, 2.45) is 0 Å². The Labute approximate surface area is 147 Å². The van der Waals surface area contributed by atoms with Gasteiger partial charge in [0, 0.05) is 6.42 Å².